The third-order valence-electron chi connectivity index (χ3n) is 3.99. The van der Waals surface area contributed by atoms with E-state index in [0.717, 1.165) is 17.2 Å². The minimum absolute atomic E-state index is 0.107. The Bertz CT molecular complexity index is 652. The number of hydrogen-bond acceptors (Lipinski definition) is 2. The molecule has 0 fully saturated rings. The molecular weight excluding hydrogens is 272 g/mol. The van der Waals surface area contributed by atoms with Crippen molar-refractivity contribution in [3.8, 4) is 0 Å². The number of nitrogens with zero attached hydrogens (tertiary/aromatic N) is 2. The number of rotatable bonds is 3. The highest BCUT2D eigenvalue weighted by molar-refractivity contribution is 6.34. The van der Waals surface area contributed by atoms with Crippen LogP contribution in [0.3, 0.4) is 0 Å². The molecule has 0 spiro atoms. The van der Waals surface area contributed by atoms with Crippen LogP contribution in [-0.2, 0) is 0 Å². The van der Waals surface area contributed by atoms with E-state index in [2.05, 4.69) is 11.9 Å². The van der Waals surface area contributed by atoms with Crippen molar-refractivity contribution in [3.63, 3.8) is 0 Å². The van der Waals surface area contributed by atoms with Crippen molar-refractivity contribution in [1.29, 1.82) is 0 Å². The van der Waals surface area contributed by atoms with Gasteiger partial charge in [-0.25, -0.2) is 4.98 Å². The summed E-state index contributed by atoms with van der Waals surface area (Å²) < 4.78 is 0. The van der Waals surface area contributed by atoms with Gasteiger partial charge in [0.25, 0.3) is 5.91 Å². The summed E-state index contributed by atoms with van der Waals surface area (Å²) in [5.74, 6) is -0.107. The lowest BCUT2D eigenvalue weighted by molar-refractivity contribution is 0.0614. The molecule has 0 atom stereocenters. The molecule has 0 saturated heterocycles. The van der Waals surface area contributed by atoms with E-state index in [-0.39, 0.29) is 11.4 Å². The molecule has 0 aliphatic rings. The first kappa shape index (κ1) is 14.8. The van der Waals surface area contributed by atoms with Crippen LogP contribution in [0.25, 0.3) is 10.8 Å². The fourth-order valence-corrected chi connectivity index (χ4v) is 2.21. The molecule has 0 aliphatic heterocycles. The Kier molecular flexibility index (Phi) is 4.00. The summed E-state index contributed by atoms with van der Waals surface area (Å²) in [6.45, 7) is 6.13. The van der Waals surface area contributed by atoms with Gasteiger partial charge in [-0.05, 0) is 31.7 Å². The van der Waals surface area contributed by atoms with Crippen LogP contribution in [0.1, 0.15) is 37.7 Å². The molecule has 0 bridgehead atoms. The number of carbonyl (C=O) groups excluding carboxylic acids is 1. The van der Waals surface area contributed by atoms with E-state index >= 15 is 0 Å². The van der Waals surface area contributed by atoms with Crippen molar-refractivity contribution >= 4 is 28.3 Å². The number of fused-ring (bicyclic) bond motifs is 1. The standard InChI is InChI=1S/C16H19ClN2O/c1-5-16(2,3)19(4)15(20)13-10-11-8-6-7-9-12(11)14(17)18-13/h6-10H,5H2,1-4H3. The molecule has 3 nitrogen and oxygen atoms in total. The van der Waals surface area contributed by atoms with Gasteiger partial charge in [0, 0.05) is 18.0 Å². The molecule has 2 rings (SSSR count). The predicted octanol–water partition coefficient (Wildman–Crippen LogP) is 4.15. The number of aromatic nitrogens is 1. The summed E-state index contributed by atoms with van der Waals surface area (Å²) in [6, 6.07) is 9.46. The van der Waals surface area contributed by atoms with E-state index < -0.39 is 0 Å². The number of amides is 1. The van der Waals surface area contributed by atoms with Gasteiger partial charge in [0.05, 0.1) is 0 Å². The summed E-state index contributed by atoms with van der Waals surface area (Å²) >= 11 is 6.18. The fraction of sp³-hybridized carbons (Fsp3) is 0.375. The average Bonchev–Trinajstić information content (AvgIpc) is 2.45. The largest absolute Gasteiger partial charge is 0.335 e. The Hall–Kier alpha value is -1.61. The zero-order valence-corrected chi connectivity index (χ0v) is 13.0. The summed E-state index contributed by atoms with van der Waals surface area (Å²) in [7, 11) is 1.80. The van der Waals surface area contributed by atoms with Gasteiger partial charge in [0.15, 0.2) is 0 Å². The van der Waals surface area contributed by atoms with E-state index in [1.165, 1.54) is 0 Å². The molecule has 1 aromatic heterocycles. The van der Waals surface area contributed by atoms with Crippen molar-refractivity contribution in [2.45, 2.75) is 32.7 Å². The maximum atomic E-state index is 12.6. The Morgan fingerprint density at radius 1 is 1.35 bits per heavy atom. The Morgan fingerprint density at radius 2 is 2.00 bits per heavy atom. The van der Waals surface area contributed by atoms with Crippen LogP contribution in [0.4, 0.5) is 0 Å². The Balaban J connectivity index is 2.46. The van der Waals surface area contributed by atoms with Gasteiger partial charge in [-0.3, -0.25) is 4.79 Å². The fourth-order valence-electron chi connectivity index (χ4n) is 1.95. The number of benzene rings is 1. The molecule has 20 heavy (non-hydrogen) atoms. The van der Waals surface area contributed by atoms with Crippen molar-refractivity contribution in [3.05, 3.63) is 41.2 Å². The van der Waals surface area contributed by atoms with E-state index in [0.29, 0.717) is 10.8 Å². The molecule has 2 aromatic rings. The Morgan fingerprint density at radius 3 is 2.65 bits per heavy atom. The topological polar surface area (TPSA) is 33.2 Å². The van der Waals surface area contributed by atoms with E-state index in [9.17, 15) is 4.79 Å². The quantitative estimate of drug-likeness (QED) is 0.796. The molecular formula is C16H19ClN2O. The first-order valence-electron chi connectivity index (χ1n) is 6.70. The van der Waals surface area contributed by atoms with Crippen molar-refractivity contribution in [2.24, 2.45) is 0 Å². The second kappa shape index (κ2) is 5.41. The zero-order valence-electron chi connectivity index (χ0n) is 12.3. The highest BCUT2D eigenvalue weighted by Gasteiger charge is 2.27. The molecule has 0 radical (unpaired) electrons. The SMILES string of the molecule is CCC(C)(C)N(C)C(=O)c1cc2ccccc2c(Cl)n1. The molecule has 0 aliphatic carbocycles. The van der Waals surface area contributed by atoms with Gasteiger partial charge in [0.1, 0.15) is 10.8 Å². The summed E-state index contributed by atoms with van der Waals surface area (Å²) in [5, 5.41) is 2.16. The number of hydrogen-bond donors (Lipinski definition) is 0. The first-order valence-corrected chi connectivity index (χ1v) is 7.08. The van der Waals surface area contributed by atoms with E-state index in [1.54, 1.807) is 18.0 Å². The first-order chi connectivity index (χ1) is 9.36. The minimum Gasteiger partial charge on any atom is -0.335 e. The lowest BCUT2D eigenvalue weighted by Crippen LogP contribution is -2.44. The van der Waals surface area contributed by atoms with E-state index in [4.69, 9.17) is 11.6 Å². The lowest BCUT2D eigenvalue weighted by Gasteiger charge is -2.34. The third-order valence-corrected chi connectivity index (χ3v) is 4.28. The highest BCUT2D eigenvalue weighted by Crippen LogP contribution is 2.24. The summed E-state index contributed by atoms with van der Waals surface area (Å²) in [6.07, 6.45) is 0.872. The predicted molar refractivity (Wildman–Crippen MR) is 83.2 cm³/mol. The monoisotopic (exact) mass is 290 g/mol. The molecule has 0 N–H and O–H groups in total. The van der Waals surface area contributed by atoms with Gasteiger partial charge in [-0.2, -0.15) is 0 Å². The molecule has 0 saturated carbocycles. The smallest absolute Gasteiger partial charge is 0.272 e. The minimum atomic E-state index is -0.211. The second-order valence-electron chi connectivity index (χ2n) is 5.55. The van der Waals surface area contributed by atoms with Crippen molar-refractivity contribution in [2.75, 3.05) is 7.05 Å². The van der Waals surface area contributed by atoms with Crippen molar-refractivity contribution < 1.29 is 4.79 Å². The van der Waals surface area contributed by atoms with Gasteiger partial charge < -0.3 is 4.90 Å². The van der Waals surface area contributed by atoms with Crippen LogP contribution >= 0.6 is 11.6 Å². The van der Waals surface area contributed by atoms with Gasteiger partial charge in [-0.1, -0.05) is 42.8 Å². The highest BCUT2D eigenvalue weighted by atomic mass is 35.5. The number of halogens is 1. The summed E-state index contributed by atoms with van der Waals surface area (Å²) in [4.78, 5) is 18.5. The molecule has 0 unspecified atom stereocenters. The van der Waals surface area contributed by atoms with Gasteiger partial charge in [-0.15, -0.1) is 0 Å². The molecule has 106 valence electrons. The van der Waals surface area contributed by atoms with Crippen LogP contribution < -0.4 is 0 Å². The van der Waals surface area contributed by atoms with E-state index in [1.807, 2.05) is 38.1 Å². The Labute approximate surface area is 124 Å². The molecule has 1 aromatic carbocycles. The third kappa shape index (κ3) is 2.63. The van der Waals surface area contributed by atoms with Crippen LogP contribution in [-0.4, -0.2) is 28.4 Å². The zero-order chi connectivity index (χ0) is 14.9. The molecule has 1 heterocycles. The number of pyridine rings is 1. The molecule has 1 amide bonds. The van der Waals surface area contributed by atoms with Crippen molar-refractivity contribution in [1.82, 2.24) is 9.88 Å². The van der Waals surface area contributed by atoms with Crippen LogP contribution in [0.2, 0.25) is 5.15 Å². The van der Waals surface area contributed by atoms with Crippen LogP contribution in [0.5, 0.6) is 0 Å². The van der Waals surface area contributed by atoms with Gasteiger partial charge in [0.2, 0.25) is 0 Å². The molecule has 4 heteroatoms. The maximum Gasteiger partial charge on any atom is 0.272 e. The maximum absolute atomic E-state index is 12.6. The van der Waals surface area contributed by atoms with Gasteiger partial charge >= 0.3 is 0 Å². The lowest BCUT2D eigenvalue weighted by atomic mass is 9.99. The van der Waals surface area contributed by atoms with Crippen LogP contribution in [0, 0.1) is 0 Å². The van der Waals surface area contributed by atoms with Crippen LogP contribution in [0.15, 0.2) is 30.3 Å². The summed E-state index contributed by atoms with van der Waals surface area (Å²) in [5.41, 5.74) is 0.175. The normalized spacial score (nSPS) is 11.7. The average molecular weight is 291 g/mol. The number of carbonyl (C=O) groups is 1. The second-order valence-corrected chi connectivity index (χ2v) is 5.91.